The van der Waals surface area contributed by atoms with Crippen LogP contribution in [0.3, 0.4) is 0 Å². The van der Waals surface area contributed by atoms with Crippen molar-refractivity contribution < 1.29 is 8.85 Å². The lowest BCUT2D eigenvalue weighted by Gasteiger charge is -2.40. The molecule has 0 aliphatic heterocycles. The predicted octanol–water partition coefficient (Wildman–Crippen LogP) is 7.22. The van der Waals surface area contributed by atoms with Gasteiger partial charge in [-0.05, 0) is 19.9 Å². The van der Waals surface area contributed by atoms with E-state index in [0.29, 0.717) is 0 Å². The summed E-state index contributed by atoms with van der Waals surface area (Å²) in [5.74, 6) is 0. The molecule has 0 N–H and O–H groups in total. The van der Waals surface area contributed by atoms with Gasteiger partial charge in [-0.1, -0.05) is 91.9 Å². The molecule has 140 valence electrons. The maximum atomic E-state index is 6.23. The molecule has 0 saturated heterocycles. The first-order valence-electron chi connectivity index (χ1n) is 10.2. The third-order valence-corrected chi connectivity index (χ3v) is 9.56. The molecular formula is C20H44O2Si. The molecule has 0 aliphatic carbocycles. The lowest BCUT2D eigenvalue weighted by atomic mass is 10.1. The third kappa shape index (κ3) is 9.88. The van der Waals surface area contributed by atoms with E-state index in [1.54, 1.807) is 0 Å². The first-order chi connectivity index (χ1) is 10.9. The molecule has 0 spiro atoms. The minimum Gasteiger partial charge on any atom is -0.394 e. The molecule has 0 bridgehead atoms. The van der Waals surface area contributed by atoms with Crippen molar-refractivity contribution in [2.24, 2.45) is 0 Å². The first-order valence-corrected chi connectivity index (χ1v) is 12.2. The summed E-state index contributed by atoms with van der Waals surface area (Å²) in [5.41, 5.74) is 0. The second-order valence-corrected chi connectivity index (χ2v) is 11.9. The fourth-order valence-electron chi connectivity index (χ4n) is 3.31. The van der Waals surface area contributed by atoms with E-state index in [1.807, 2.05) is 0 Å². The number of rotatable bonds is 15. The standard InChI is InChI=1S/C20H44O2Si/c1-7-10-11-12-13-14-15-16-17-18-19-23(21-8-2,22-9-3)20(4,5)6/h7-19H2,1-6H3. The Kier molecular flexibility index (Phi) is 13.5. The van der Waals surface area contributed by atoms with Gasteiger partial charge in [0.2, 0.25) is 0 Å². The van der Waals surface area contributed by atoms with Crippen molar-refractivity contribution in [3.05, 3.63) is 0 Å². The summed E-state index contributed by atoms with van der Waals surface area (Å²) < 4.78 is 12.5. The minimum atomic E-state index is -2.09. The summed E-state index contributed by atoms with van der Waals surface area (Å²) in [7, 11) is -2.09. The maximum absolute atomic E-state index is 6.23. The lowest BCUT2D eigenvalue weighted by molar-refractivity contribution is 0.159. The zero-order valence-electron chi connectivity index (χ0n) is 17.0. The fraction of sp³-hybridized carbons (Fsp3) is 1.00. The molecule has 0 amide bonds. The highest BCUT2D eigenvalue weighted by atomic mass is 28.4. The van der Waals surface area contributed by atoms with Crippen LogP contribution < -0.4 is 0 Å². The van der Waals surface area contributed by atoms with E-state index in [-0.39, 0.29) is 5.04 Å². The normalized spacial score (nSPS) is 12.8. The summed E-state index contributed by atoms with van der Waals surface area (Å²) in [6.07, 6.45) is 13.8. The van der Waals surface area contributed by atoms with Gasteiger partial charge in [-0.25, -0.2) is 0 Å². The quantitative estimate of drug-likeness (QED) is 0.230. The van der Waals surface area contributed by atoms with E-state index in [1.165, 1.54) is 64.2 Å². The van der Waals surface area contributed by atoms with E-state index < -0.39 is 8.56 Å². The highest BCUT2D eigenvalue weighted by molar-refractivity contribution is 6.70. The number of unbranched alkanes of at least 4 members (excludes halogenated alkanes) is 9. The van der Waals surface area contributed by atoms with E-state index >= 15 is 0 Å². The molecule has 0 aromatic carbocycles. The Balaban J connectivity index is 3.95. The van der Waals surface area contributed by atoms with Gasteiger partial charge in [-0.2, -0.15) is 0 Å². The van der Waals surface area contributed by atoms with Crippen molar-refractivity contribution in [2.45, 2.75) is 117 Å². The van der Waals surface area contributed by atoms with Crippen molar-refractivity contribution >= 4 is 8.56 Å². The maximum Gasteiger partial charge on any atom is 0.343 e. The molecule has 0 aromatic heterocycles. The van der Waals surface area contributed by atoms with Crippen LogP contribution in [-0.2, 0) is 8.85 Å². The Labute approximate surface area is 148 Å². The molecule has 0 aromatic rings. The Morgan fingerprint density at radius 1 is 0.609 bits per heavy atom. The molecule has 0 saturated carbocycles. The Morgan fingerprint density at radius 2 is 1.00 bits per heavy atom. The molecular weight excluding hydrogens is 300 g/mol. The van der Waals surface area contributed by atoms with Gasteiger partial charge in [-0.3, -0.25) is 0 Å². The van der Waals surface area contributed by atoms with Crippen molar-refractivity contribution in [1.29, 1.82) is 0 Å². The predicted molar refractivity (Wildman–Crippen MR) is 105 cm³/mol. The van der Waals surface area contributed by atoms with E-state index in [4.69, 9.17) is 8.85 Å². The molecule has 0 unspecified atom stereocenters. The average molecular weight is 345 g/mol. The van der Waals surface area contributed by atoms with Crippen LogP contribution >= 0.6 is 0 Å². The third-order valence-electron chi connectivity index (χ3n) is 4.76. The van der Waals surface area contributed by atoms with Crippen LogP contribution in [-0.4, -0.2) is 21.8 Å². The van der Waals surface area contributed by atoms with Crippen LogP contribution in [0.4, 0.5) is 0 Å². The van der Waals surface area contributed by atoms with Gasteiger partial charge < -0.3 is 8.85 Å². The van der Waals surface area contributed by atoms with Crippen molar-refractivity contribution in [3.8, 4) is 0 Å². The smallest absolute Gasteiger partial charge is 0.343 e. The van der Waals surface area contributed by atoms with Gasteiger partial charge in [0, 0.05) is 18.3 Å². The summed E-state index contributed by atoms with van der Waals surface area (Å²) >= 11 is 0. The van der Waals surface area contributed by atoms with Crippen LogP contribution in [0.1, 0.15) is 106 Å². The summed E-state index contributed by atoms with van der Waals surface area (Å²) in [6, 6.07) is 1.15. The molecule has 23 heavy (non-hydrogen) atoms. The second kappa shape index (κ2) is 13.4. The molecule has 0 rings (SSSR count). The van der Waals surface area contributed by atoms with E-state index in [0.717, 1.165) is 19.3 Å². The van der Waals surface area contributed by atoms with Gasteiger partial charge in [0.25, 0.3) is 0 Å². The monoisotopic (exact) mass is 344 g/mol. The van der Waals surface area contributed by atoms with E-state index in [9.17, 15) is 0 Å². The molecule has 0 fully saturated rings. The van der Waals surface area contributed by atoms with Crippen molar-refractivity contribution in [2.75, 3.05) is 13.2 Å². The Bertz CT molecular complexity index is 255. The van der Waals surface area contributed by atoms with E-state index in [2.05, 4.69) is 41.5 Å². The Hall–Kier alpha value is 0.137. The summed E-state index contributed by atoms with van der Waals surface area (Å²) in [4.78, 5) is 0. The van der Waals surface area contributed by atoms with Crippen LogP contribution in [0.15, 0.2) is 0 Å². The Morgan fingerprint density at radius 3 is 1.35 bits per heavy atom. The zero-order chi connectivity index (χ0) is 17.6. The summed E-state index contributed by atoms with van der Waals surface area (Å²) in [5, 5.41) is 0.151. The first kappa shape index (κ1) is 23.1. The topological polar surface area (TPSA) is 18.5 Å². The molecule has 0 heterocycles. The zero-order valence-corrected chi connectivity index (χ0v) is 18.0. The van der Waals surface area contributed by atoms with Crippen LogP contribution in [0.25, 0.3) is 0 Å². The van der Waals surface area contributed by atoms with Crippen LogP contribution in [0.2, 0.25) is 11.1 Å². The highest BCUT2D eigenvalue weighted by Gasteiger charge is 2.48. The van der Waals surface area contributed by atoms with Gasteiger partial charge >= 0.3 is 8.56 Å². The minimum absolute atomic E-state index is 0.151. The van der Waals surface area contributed by atoms with Crippen LogP contribution in [0, 0.1) is 0 Å². The molecule has 3 heteroatoms. The molecule has 0 aliphatic rings. The van der Waals surface area contributed by atoms with Gasteiger partial charge in [0.1, 0.15) is 0 Å². The van der Waals surface area contributed by atoms with Crippen LogP contribution in [0.5, 0.6) is 0 Å². The average Bonchev–Trinajstić information content (AvgIpc) is 2.48. The lowest BCUT2D eigenvalue weighted by Crippen LogP contribution is -2.50. The number of hydrogen-bond donors (Lipinski definition) is 0. The van der Waals surface area contributed by atoms with Gasteiger partial charge in [0.05, 0.1) is 0 Å². The SMILES string of the molecule is CCCCCCCCCCCC[Si](OCC)(OCC)C(C)(C)C. The van der Waals surface area contributed by atoms with Crippen molar-refractivity contribution in [3.63, 3.8) is 0 Å². The molecule has 0 radical (unpaired) electrons. The van der Waals surface area contributed by atoms with Crippen molar-refractivity contribution in [1.82, 2.24) is 0 Å². The van der Waals surface area contributed by atoms with Gasteiger partial charge in [-0.15, -0.1) is 0 Å². The van der Waals surface area contributed by atoms with Gasteiger partial charge in [0.15, 0.2) is 0 Å². The molecule has 0 atom stereocenters. The highest BCUT2D eigenvalue weighted by Crippen LogP contribution is 2.41. The molecule has 2 nitrogen and oxygen atoms in total. The largest absolute Gasteiger partial charge is 0.394 e. The second-order valence-electron chi connectivity index (χ2n) is 7.80. The number of hydrogen-bond acceptors (Lipinski definition) is 2. The summed E-state index contributed by atoms with van der Waals surface area (Å²) in [6.45, 7) is 14.9. The fourth-order valence-corrected chi connectivity index (χ4v) is 6.94.